The fraction of sp³-hybridized carbons (Fsp3) is 0.944. The van der Waals surface area contributed by atoms with Gasteiger partial charge in [0.05, 0.1) is 32.0 Å². The molecule has 0 aliphatic carbocycles. The van der Waals surface area contributed by atoms with Gasteiger partial charge in [-0.1, -0.05) is 51.9 Å². The quantitative estimate of drug-likeness (QED) is 0.158. The van der Waals surface area contributed by atoms with Crippen molar-refractivity contribution in [1.29, 1.82) is 0 Å². The highest BCUT2D eigenvalue weighted by molar-refractivity contribution is 5.74. The Morgan fingerprint density at radius 1 is 0.769 bits per heavy atom. The Bertz CT molecular complexity index is 352. The van der Waals surface area contributed by atoms with Crippen molar-refractivity contribution in [1.82, 2.24) is 0 Å². The average Bonchev–Trinajstić information content (AvgIpc) is 2.65. The first-order valence-corrected chi connectivity index (χ1v) is 9.51. The van der Waals surface area contributed by atoms with Gasteiger partial charge in [-0.3, -0.25) is 4.79 Å². The third kappa shape index (κ3) is 9.80. The van der Waals surface area contributed by atoms with Crippen molar-refractivity contribution in [2.75, 3.05) is 19.8 Å². The maximum Gasteiger partial charge on any atom is 0.314 e. The highest BCUT2D eigenvalue weighted by atomic mass is 16.5. The highest BCUT2D eigenvalue weighted by Crippen LogP contribution is 2.18. The average molecular weight is 380 g/mol. The molecular weight excluding hydrogens is 344 g/mol. The molecule has 0 aromatic heterocycles. The maximum atomic E-state index is 12.1. The molecule has 0 radical (unpaired) electrons. The number of ether oxygens (including phenoxy) is 1. The molecule has 8 heteroatoms. The number of hydrogen-bond acceptors (Lipinski definition) is 8. The number of carbonyl (C=O) groups is 1. The van der Waals surface area contributed by atoms with Crippen LogP contribution in [-0.2, 0) is 9.53 Å². The van der Waals surface area contributed by atoms with E-state index in [0.29, 0.717) is 6.42 Å². The molecule has 0 spiro atoms. The molecule has 0 saturated carbocycles. The highest BCUT2D eigenvalue weighted by Gasteiger charge is 2.40. The molecule has 0 aromatic carbocycles. The van der Waals surface area contributed by atoms with Gasteiger partial charge in [0.15, 0.2) is 0 Å². The molecule has 0 bridgehead atoms. The minimum absolute atomic E-state index is 0.105. The molecule has 0 amide bonds. The van der Waals surface area contributed by atoms with Crippen LogP contribution in [-0.4, -0.2) is 80.8 Å². The van der Waals surface area contributed by atoms with Crippen molar-refractivity contribution >= 4 is 5.97 Å². The summed E-state index contributed by atoms with van der Waals surface area (Å²) in [5, 5.41) is 56.7. The molecule has 0 aromatic rings. The second-order valence-corrected chi connectivity index (χ2v) is 6.65. The number of unbranched alkanes of at least 4 members (excludes halogenated alkanes) is 7. The van der Waals surface area contributed by atoms with Gasteiger partial charge in [0, 0.05) is 0 Å². The normalized spacial score (nSPS) is 17.3. The number of esters is 1. The smallest absolute Gasteiger partial charge is 0.314 e. The van der Waals surface area contributed by atoms with Crippen molar-refractivity contribution in [2.24, 2.45) is 5.92 Å². The molecule has 0 aliphatic rings. The SMILES string of the molecule is CCCCCCCCCCOC(=O)C([C@@H](O)C(O)[C@@H](O)CO)[C@@H](O)CO. The fourth-order valence-electron chi connectivity index (χ4n) is 2.69. The Balaban J connectivity index is 4.28. The summed E-state index contributed by atoms with van der Waals surface area (Å²) in [5.41, 5.74) is 0. The molecule has 8 nitrogen and oxygen atoms in total. The van der Waals surface area contributed by atoms with Gasteiger partial charge in [0.25, 0.3) is 0 Å². The lowest BCUT2D eigenvalue weighted by Crippen LogP contribution is -2.51. The number of aliphatic hydroxyl groups excluding tert-OH is 6. The van der Waals surface area contributed by atoms with Crippen molar-refractivity contribution in [3.8, 4) is 0 Å². The summed E-state index contributed by atoms with van der Waals surface area (Å²) in [4.78, 5) is 12.1. The monoisotopic (exact) mass is 380 g/mol. The van der Waals surface area contributed by atoms with Crippen LogP contribution in [0.1, 0.15) is 58.3 Å². The molecule has 0 rings (SSSR count). The van der Waals surface area contributed by atoms with Crippen LogP contribution in [0.2, 0.25) is 0 Å². The van der Waals surface area contributed by atoms with Crippen LogP contribution < -0.4 is 0 Å². The summed E-state index contributed by atoms with van der Waals surface area (Å²) in [6, 6.07) is 0. The molecule has 2 unspecified atom stereocenters. The lowest BCUT2D eigenvalue weighted by Gasteiger charge is -2.29. The molecule has 5 atom stereocenters. The number of hydrogen-bond donors (Lipinski definition) is 6. The predicted molar refractivity (Wildman–Crippen MR) is 95.3 cm³/mol. The zero-order valence-electron chi connectivity index (χ0n) is 15.7. The summed E-state index contributed by atoms with van der Waals surface area (Å²) in [6.07, 6.45) is 1.47. The molecular formula is C18H36O8. The van der Waals surface area contributed by atoms with Gasteiger partial charge >= 0.3 is 5.97 Å². The van der Waals surface area contributed by atoms with E-state index in [9.17, 15) is 25.2 Å². The molecule has 6 N–H and O–H groups in total. The van der Waals surface area contributed by atoms with Crippen molar-refractivity contribution in [3.63, 3.8) is 0 Å². The van der Waals surface area contributed by atoms with Crippen LogP contribution in [0.25, 0.3) is 0 Å². The number of carbonyl (C=O) groups excluding carboxylic acids is 1. The van der Waals surface area contributed by atoms with E-state index in [-0.39, 0.29) is 6.61 Å². The Kier molecular flexibility index (Phi) is 14.9. The summed E-state index contributed by atoms with van der Waals surface area (Å²) < 4.78 is 5.03. The summed E-state index contributed by atoms with van der Waals surface area (Å²) in [7, 11) is 0. The van der Waals surface area contributed by atoms with Crippen molar-refractivity contribution in [3.05, 3.63) is 0 Å². The molecule has 0 saturated heterocycles. The van der Waals surface area contributed by atoms with Gasteiger partial charge in [-0.05, 0) is 6.42 Å². The Morgan fingerprint density at radius 3 is 1.77 bits per heavy atom. The lowest BCUT2D eigenvalue weighted by atomic mass is 9.90. The minimum Gasteiger partial charge on any atom is -0.465 e. The van der Waals surface area contributed by atoms with Gasteiger partial charge in [-0.25, -0.2) is 0 Å². The third-order valence-corrected chi connectivity index (χ3v) is 4.42. The molecule has 0 heterocycles. The first kappa shape index (κ1) is 25.2. The second-order valence-electron chi connectivity index (χ2n) is 6.65. The van der Waals surface area contributed by atoms with E-state index in [1.165, 1.54) is 25.7 Å². The van der Waals surface area contributed by atoms with E-state index >= 15 is 0 Å². The number of rotatable bonds is 16. The van der Waals surface area contributed by atoms with E-state index in [2.05, 4.69) is 6.92 Å². The van der Waals surface area contributed by atoms with Crippen LogP contribution in [0.4, 0.5) is 0 Å². The van der Waals surface area contributed by atoms with E-state index in [1.807, 2.05) is 0 Å². The van der Waals surface area contributed by atoms with E-state index in [1.54, 1.807) is 0 Å². The van der Waals surface area contributed by atoms with Crippen molar-refractivity contribution in [2.45, 2.75) is 82.7 Å². The van der Waals surface area contributed by atoms with Crippen molar-refractivity contribution < 1.29 is 40.2 Å². The van der Waals surface area contributed by atoms with Crippen LogP contribution in [0.3, 0.4) is 0 Å². The van der Waals surface area contributed by atoms with E-state index in [4.69, 9.17) is 14.9 Å². The topological polar surface area (TPSA) is 148 Å². The molecule has 156 valence electrons. The largest absolute Gasteiger partial charge is 0.465 e. The first-order valence-electron chi connectivity index (χ1n) is 9.51. The van der Waals surface area contributed by atoms with Crippen LogP contribution in [0.5, 0.6) is 0 Å². The molecule has 26 heavy (non-hydrogen) atoms. The summed E-state index contributed by atoms with van der Waals surface area (Å²) >= 11 is 0. The predicted octanol–water partition coefficient (Wildman–Crippen LogP) is -0.285. The van der Waals surface area contributed by atoms with Gasteiger partial charge in [0.2, 0.25) is 0 Å². The lowest BCUT2D eigenvalue weighted by molar-refractivity contribution is -0.170. The van der Waals surface area contributed by atoms with E-state index < -0.39 is 49.5 Å². The van der Waals surface area contributed by atoms with E-state index in [0.717, 1.165) is 19.3 Å². The van der Waals surface area contributed by atoms with Gasteiger partial charge < -0.3 is 35.4 Å². The fourth-order valence-corrected chi connectivity index (χ4v) is 2.69. The third-order valence-electron chi connectivity index (χ3n) is 4.42. The number of aliphatic hydroxyl groups is 6. The van der Waals surface area contributed by atoms with Crippen LogP contribution in [0, 0.1) is 5.92 Å². The second kappa shape index (κ2) is 15.3. The minimum atomic E-state index is -1.88. The Morgan fingerprint density at radius 2 is 1.27 bits per heavy atom. The molecule has 0 fully saturated rings. The van der Waals surface area contributed by atoms with Crippen LogP contribution >= 0.6 is 0 Å². The standard InChI is InChI=1S/C18H36O8/c1-2-3-4-5-6-7-8-9-10-26-18(25)15(13(21)11-19)17(24)16(23)14(22)12-20/h13-17,19-24H,2-12H2,1H3/t13-,14-,15?,16?,17+/m0/s1. The van der Waals surface area contributed by atoms with Gasteiger partial charge in [0.1, 0.15) is 18.1 Å². The van der Waals surface area contributed by atoms with Gasteiger partial charge in [-0.2, -0.15) is 0 Å². The Hall–Kier alpha value is -0.770. The maximum absolute atomic E-state index is 12.1. The summed E-state index contributed by atoms with van der Waals surface area (Å²) in [6.45, 7) is 0.619. The zero-order valence-corrected chi connectivity index (χ0v) is 15.7. The first-order chi connectivity index (χ1) is 12.4. The van der Waals surface area contributed by atoms with Crippen LogP contribution in [0.15, 0.2) is 0 Å². The Labute approximate surface area is 155 Å². The molecule has 0 aliphatic heterocycles. The zero-order chi connectivity index (χ0) is 19.9. The summed E-state index contributed by atoms with van der Waals surface area (Å²) in [5.74, 6) is -2.59. The van der Waals surface area contributed by atoms with Gasteiger partial charge in [-0.15, -0.1) is 0 Å².